The summed E-state index contributed by atoms with van der Waals surface area (Å²) in [6.45, 7) is 7.53. The fourth-order valence-electron chi connectivity index (χ4n) is 4.98. The van der Waals surface area contributed by atoms with Gasteiger partial charge in [-0.15, -0.1) is 4.72 Å². The number of aromatic amines is 1. The lowest BCUT2D eigenvalue weighted by Crippen LogP contribution is -2.50. The van der Waals surface area contributed by atoms with Gasteiger partial charge < -0.3 is 9.45 Å². The molecule has 33 heavy (non-hydrogen) atoms. The van der Waals surface area contributed by atoms with E-state index in [1.165, 1.54) is 11.1 Å². The van der Waals surface area contributed by atoms with Gasteiger partial charge in [-0.3, -0.25) is 5.10 Å². The van der Waals surface area contributed by atoms with Gasteiger partial charge in [-0.05, 0) is 67.1 Å². The SMILES string of the molecule is CC(C)(C)[S+]([O-])N[C@@H]1c2ccccc2CC12CCN(c1nc(C#N)c3c(Br)n[nH]c3n1)CC2. The molecular formula is C23H26BrN7OS. The largest absolute Gasteiger partial charge is 0.598 e. The van der Waals surface area contributed by atoms with Crippen molar-refractivity contribution in [2.24, 2.45) is 5.41 Å². The molecule has 0 amide bonds. The second-order valence-electron chi connectivity index (χ2n) is 9.88. The van der Waals surface area contributed by atoms with Crippen molar-refractivity contribution in [2.45, 2.75) is 50.8 Å². The number of anilines is 1. The molecule has 0 bridgehead atoms. The number of hydrogen-bond donors (Lipinski definition) is 2. The van der Waals surface area contributed by atoms with Crippen LogP contribution in [0.15, 0.2) is 28.9 Å². The number of nitriles is 1. The lowest BCUT2D eigenvalue weighted by Gasteiger charge is -2.43. The van der Waals surface area contributed by atoms with Gasteiger partial charge in [0.25, 0.3) is 0 Å². The number of rotatable bonds is 3. The van der Waals surface area contributed by atoms with E-state index in [9.17, 15) is 9.81 Å². The van der Waals surface area contributed by atoms with Gasteiger partial charge >= 0.3 is 0 Å². The maximum Gasteiger partial charge on any atom is 0.228 e. The highest BCUT2D eigenvalue weighted by molar-refractivity contribution is 9.10. The third-order valence-electron chi connectivity index (χ3n) is 6.81. The van der Waals surface area contributed by atoms with Crippen LogP contribution in [0.25, 0.3) is 11.0 Å². The zero-order valence-electron chi connectivity index (χ0n) is 18.9. The summed E-state index contributed by atoms with van der Waals surface area (Å²) in [5.74, 6) is 0.545. The number of piperidine rings is 1. The minimum Gasteiger partial charge on any atom is -0.598 e. The highest BCUT2D eigenvalue weighted by Gasteiger charge is 2.50. The molecule has 1 saturated heterocycles. The van der Waals surface area contributed by atoms with Crippen molar-refractivity contribution in [1.29, 1.82) is 5.26 Å². The highest BCUT2D eigenvalue weighted by Crippen LogP contribution is 2.52. The summed E-state index contributed by atoms with van der Waals surface area (Å²) in [4.78, 5) is 11.3. The van der Waals surface area contributed by atoms with E-state index in [4.69, 9.17) is 0 Å². The molecule has 1 fully saturated rings. The molecule has 0 radical (unpaired) electrons. The number of aromatic nitrogens is 4. The van der Waals surface area contributed by atoms with Gasteiger partial charge in [-0.1, -0.05) is 24.3 Å². The molecule has 3 aromatic rings. The van der Waals surface area contributed by atoms with E-state index in [1.54, 1.807) is 0 Å². The Morgan fingerprint density at radius 3 is 2.70 bits per heavy atom. The first-order valence-electron chi connectivity index (χ1n) is 11.0. The molecule has 1 aromatic carbocycles. The Bertz CT molecular complexity index is 1240. The minimum absolute atomic E-state index is 0.0136. The Kier molecular flexibility index (Phi) is 5.64. The van der Waals surface area contributed by atoms with Crippen LogP contribution in [0.2, 0.25) is 0 Å². The van der Waals surface area contributed by atoms with Gasteiger partial charge in [0.05, 0.1) is 11.4 Å². The van der Waals surface area contributed by atoms with Crippen LogP contribution < -0.4 is 9.62 Å². The van der Waals surface area contributed by atoms with Crippen LogP contribution in [0.5, 0.6) is 0 Å². The summed E-state index contributed by atoms with van der Waals surface area (Å²) in [5, 5.41) is 17.2. The second kappa shape index (κ2) is 8.24. The number of nitrogens with zero attached hydrogens (tertiary/aromatic N) is 5. The minimum atomic E-state index is -1.16. The summed E-state index contributed by atoms with van der Waals surface area (Å²) >= 11 is 2.19. The molecule has 2 aromatic heterocycles. The van der Waals surface area contributed by atoms with Crippen molar-refractivity contribution >= 4 is 44.3 Å². The van der Waals surface area contributed by atoms with E-state index >= 15 is 0 Å². The van der Waals surface area contributed by atoms with Crippen LogP contribution in [0.3, 0.4) is 0 Å². The number of benzene rings is 1. The first-order valence-corrected chi connectivity index (χ1v) is 13.0. The van der Waals surface area contributed by atoms with E-state index in [2.05, 4.69) is 76.1 Å². The monoisotopic (exact) mass is 527 g/mol. The van der Waals surface area contributed by atoms with Gasteiger partial charge in [0.15, 0.2) is 11.3 Å². The molecule has 2 atom stereocenters. The molecule has 10 heteroatoms. The highest BCUT2D eigenvalue weighted by atomic mass is 79.9. The van der Waals surface area contributed by atoms with Crippen molar-refractivity contribution in [3.8, 4) is 6.07 Å². The third-order valence-corrected chi connectivity index (χ3v) is 8.95. The van der Waals surface area contributed by atoms with Crippen LogP contribution in [-0.2, 0) is 17.8 Å². The van der Waals surface area contributed by atoms with Crippen molar-refractivity contribution < 1.29 is 4.55 Å². The Labute approximate surface area is 204 Å². The van der Waals surface area contributed by atoms with E-state index < -0.39 is 11.4 Å². The van der Waals surface area contributed by atoms with Crippen LogP contribution in [0.1, 0.15) is 56.5 Å². The van der Waals surface area contributed by atoms with Gasteiger partial charge in [-0.2, -0.15) is 15.3 Å². The second-order valence-corrected chi connectivity index (χ2v) is 12.6. The summed E-state index contributed by atoms with van der Waals surface area (Å²) in [5.41, 5.74) is 3.44. The van der Waals surface area contributed by atoms with E-state index in [0.29, 0.717) is 27.3 Å². The van der Waals surface area contributed by atoms with E-state index in [0.717, 1.165) is 32.4 Å². The molecule has 5 rings (SSSR count). The van der Waals surface area contributed by atoms with E-state index in [1.807, 2.05) is 20.8 Å². The zero-order chi connectivity index (χ0) is 23.4. The van der Waals surface area contributed by atoms with Crippen molar-refractivity contribution in [1.82, 2.24) is 24.9 Å². The lowest BCUT2D eigenvalue weighted by atomic mass is 9.73. The third kappa shape index (κ3) is 3.91. The van der Waals surface area contributed by atoms with E-state index in [-0.39, 0.29) is 16.2 Å². The lowest BCUT2D eigenvalue weighted by molar-refractivity contribution is 0.175. The number of nitrogens with one attached hydrogen (secondary N) is 2. The summed E-state index contributed by atoms with van der Waals surface area (Å²) in [7, 11) is 0. The van der Waals surface area contributed by atoms with Crippen LogP contribution in [0, 0.1) is 16.7 Å². The fraction of sp³-hybridized carbons (Fsp3) is 0.478. The number of H-pyrrole nitrogens is 1. The average molecular weight is 528 g/mol. The summed E-state index contributed by atoms with van der Waals surface area (Å²) in [6, 6.07) is 10.7. The molecule has 2 aliphatic rings. The molecule has 1 spiro atoms. The van der Waals surface area contributed by atoms with Gasteiger partial charge in [-0.25, -0.2) is 4.98 Å². The Balaban J connectivity index is 1.42. The van der Waals surface area contributed by atoms with Gasteiger partial charge in [0.2, 0.25) is 5.95 Å². The molecule has 2 N–H and O–H groups in total. The maximum absolute atomic E-state index is 13.1. The fourth-order valence-corrected chi connectivity index (χ4v) is 6.39. The topological polar surface area (TPSA) is 117 Å². The molecule has 0 saturated carbocycles. The normalized spacial score (nSPS) is 20.7. The molecular weight excluding hydrogens is 502 g/mol. The number of halogens is 1. The molecule has 8 nitrogen and oxygen atoms in total. The summed E-state index contributed by atoms with van der Waals surface area (Å²) < 4.78 is 16.8. The number of fused-ring (bicyclic) bond motifs is 2. The Morgan fingerprint density at radius 2 is 2.00 bits per heavy atom. The zero-order valence-corrected chi connectivity index (χ0v) is 21.3. The van der Waals surface area contributed by atoms with Gasteiger partial charge in [0, 0.05) is 29.9 Å². The smallest absolute Gasteiger partial charge is 0.228 e. The summed E-state index contributed by atoms with van der Waals surface area (Å²) in [6.07, 6.45) is 2.79. The molecule has 1 unspecified atom stereocenters. The molecule has 1 aliphatic heterocycles. The van der Waals surface area contributed by atoms with Crippen molar-refractivity contribution in [2.75, 3.05) is 18.0 Å². The molecule has 172 valence electrons. The predicted molar refractivity (Wildman–Crippen MR) is 132 cm³/mol. The number of hydrogen-bond acceptors (Lipinski definition) is 7. The quantitative estimate of drug-likeness (QED) is 0.495. The standard InChI is InChI=1S/C23H26BrN7OS/c1-22(2,3)33(32)30-18-15-7-5-4-6-14(15)12-23(18)8-10-31(11-9-23)21-26-16(13-25)17-19(24)28-29-20(17)27-21/h4-7,18,30H,8-12H2,1-3H3,(H,26,27,28,29)/t18-,33?/m1/s1. The molecule has 1 aliphatic carbocycles. The first-order chi connectivity index (χ1) is 15.7. The maximum atomic E-state index is 13.1. The Hall–Kier alpha value is -2.19. The van der Waals surface area contributed by atoms with Gasteiger partial charge in [0.1, 0.15) is 15.4 Å². The Morgan fingerprint density at radius 1 is 1.27 bits per heavy atom. The van der Waals surface area contributed by atoms with Crippen LogP contribution >= 0.6 is 15.9 Å². The van der Waals surface area contributed by atoms with Crippen molar-refractivity contribution in [3.05, 3.63) is 45.7 Å². The average Bonchev–Trinajstić information content (AvgIpc) is 3.31. The first kappa shape index (κ1) is 22.6. The molecule has 3 heterocycles. The van der Waals surface area contributed by atoms with Crippen LogP contribution in [0.4, 0.5) is 5.95 Å². The van der Waals surface area contributed by atoms with Crippen LogP contribution in [-0.4, -0.2) is 42.6 Å². The predicted octanol–water partition coefficient (Wildman–Crippen LogP) is 3.92. The van der Waals surface area contributed by atoms with Crippen molar-refractivity contribution in [3.63, 3.8) is 0 Å².